The number of hydrogen-bond donors (Lipinski definition) is 0. The smallest absolute Gasteiger partial charge is 0.263 e. The van der Waals surface area contributed by atoms with Crippen molar-refractivity contribution in [2.24, 2.45) is 0 Å². The molecule has 6 heteroatoms. The lowest BCUT2D eigenvalue weighted by Gasteiger charge is -2.09. The van der Waals surface area contributed by atoms with Gasteiger partial charge < -0.3 is 5.11 Å². The summed E-state index contributed by atoms with van der Waals surface area (Å²) in [6.45, 7) is 0. The van der Waals surface area contributed by atoms with Crippen LogP contribution in [0, 0.1) is 10.1 Å². The molecule has 0 aromatic heterocycles. The van der Waals surface area contributed by atoms with E-state index in [9.17, 15) is 24.8 Å². The largest absolute Gasteiger partial charge is 0.867 e. The molecule has 6 nitrogen and oxygen atoms in total. The van der Waals surface area contributed by atoms with Gasteiger partial charge in [0, 0.05) is 17.2 Å². The van der Waals surface area contributed by atoms with Crippen LogP contribution in [0.2, 0.25) is 0 Å². The number of aldehydes is 2. The van der Waals surface area contributed by atoms with Crippen molar-refractivity contribution in [1.82, 2.24) is 0 Å². The van der Waals surface area contributed by atoms with Crippen LogP contribution in [0.1, 0.15) is 20.7 Å². The van der Waals surface area contributed by atoms with Crippen molar-refractivity contribution >= 4 is 18.3 Å². The van der Waals surface area contributed by atoms with E-state index in [-0.39, 0.29) is 17.4 Å². The van der Waals surface area contributed by atoms with Gasteiger partial charge in [-0.05, 0) is 11.8 Å². The molecule has 0 saturated heterocycles. The summed E-state index contributed by atoms with van der Waals surface area (Å²) in [5, 5.41) is 21.5. The summed E-state index contributed by atoms with van der Waals surface area (Å²) in [6.07, 6.45) is 0.516. The first-order valence-corrected chi connectivity index (χ1v) is 3.50. The highest BCUT2D eigenvalue weighted by atomic mass is 16.6. The number of nitro benzene ring substituents is 1. The van der Waals surface area contributed by atoms with E-state index in [0.29, 0.717) is 6.29 Å². The molecule has 72 valence electrons. The summed E-state index contributed by atoms with van der Waals surface area (Å²) in [7, 11) is 0. The van der Waals surface area contributed by atoms with Gasteiger partial charge in [0.25, 0.3) is 5.69 Å². The van der Waals surface area contributed by atoms with Gasteiger partial charge >= 0.3 is 0 Å². The summed E-state index contributed by atoms with van der Waals surface area (Å²) in [6, 6.07) is 1.84. The van der Waals surface area contributed by atoms with E-state index < -0.39 is 16.4 Å². The molecule has 1 rings (SSSR count). The minimum absolute atomic E-state index is 0.0709. The third-order valence-corrected chi connectivity index (χ3v) is 1.58. The van der Waals surface area contributed by atoms with Gasteiger partial charge in [-0.1, -0.05) is 0 Å². The van der Waals surface area contributed by atoms with Crippen LogP contribution in [-0.4, -0.2) is 17.5 Å². The zero-order valence-electron chi connectivity index (χ0n) is 6.80. The number of nitrogens with zero attached hydrogens (tertiary/aromatic N) is 1. The predicted octanol–water partition coefficient (Wildman–Crippen LogP) is 0.293. The van der Waals surface area contributed by atoms with Crippen molar-refractivity contribution in [3.05, 3.63) is 33.4 Å². The van der Waals surface area contributed by atoms with Gasteiger partial charge in [0.1, 0.15) is 12.6 Å². The fraction of sp³-hybridized carbons (Fsp3) is 0. The Kier molecular flexibility index (Phi) is 2.57. The second kappa shape index (κ2) is 3.65. The molecule has 0 aliphatic heterocycles. The van der Waals surface area contributed by atoms with E-state index in [2.05, 4.69) is 0 Å². The third kappa shape index (κ3) is 1.58. The maximum absolute atomic E-state index is 11.1. The van der Waals surface area contributed by atoms with Crippen LogP contribution in [-0.2, 0) is 0 Å². The topological polar surface area (TPSA) is 100 Å². The van der Waals surface area contributed by atoms with Crippen molar-refractivity contribution < 1.29 is 19.6 Å². The highest BCUT2D eigenvalue weighted by Gasteiger charge is 2.11. The fourth-order valence-electron chi connectivity index (χ4n) is 0.949. The number of carbonyl (C=O) groups excluding carboxylic acids is 2. The van der Waals surface area contributed by atoms with Crippen LogP contribution < -0.4 is 5.11 Å². The van der Waals surface area contributed by atoms with E-state index in [1.807, 2.05) is 0 Å². The Balaban J connectivity index is 3.49. The number of nitro groups is 1. The van der Waals surface area contributed by atoms with Crippen LogP contribution in [0.15, 0.2) is 12.1 Å². The number of hydrogen-bond acceptors (Lipinski definition) is 5. The summed E-state index contributed by atoms with van der Waals surface area (Å²) < 4.78 is 0. The van der Waals surface area contributed by atoms with Crippen molar-refractivity contribution in [1.29, 1.82) is 0 Å². The number of carbonyl (C=O) groups is 2. The third-order valence-electron chi connectivity index (χ3n) is 1.58. The molecule has 0 amide bonds. The average molecular weight is 194 g/mol. The molecule has 1 aromatic carbocycles. The first-order chi connectivity index (χ1) is 6.60. The maximum Gasteiger partial charge on any atom is 0.263 e. The molecule has 0 radical (unpaired) electrons. The van der Waals surface area contributed by atoms with Crippen LogP contribution in [0.3, 0.4) is 0 Å². The Morgan fingerprint density at radius 2 is 1.86 bits per heavy atom. The monoisotopic (exact) mass is 194 g/mol. The highest BCUT2D eigenvalue weighted by Crippen LogP contribution is 2.26. The highest BCUT2D eigenvalue weighted by molar-refractivity contribution is 5.87. The van der Waals surface area contributed by atoms with Gasteiger partial charge in [-0.3, -0.25) is 19.7 Å². The molecular formula is C8H4NO5-. The van der Waals surface area contributed by atoms with Gasteiger partial charge in [-0.2, -0.15) is 0 Å². The van der Waals surface area contributed by atoms with E-state index in [4.69, 9.17) is 0 Å². The summed E-state index contributed by atoms with van der Waals surface area (Å²) >= 11 is 0. The molecule has 0 heterocycles. The molecule has 0 aliphatic carbocycles. The Hall–Kier alpha value is -2.24. The van der Waals surface area contributed by atoms with Crippen molar-refractivity contribution in [2.75, 3.05) is 0 Å². The van der Waals surface area contributed by atoms with Crippen LogP contribution in [0.4, 0.5) is 5.69 Å². The molecule has 1 aromatic rings. The fourth-order valence-corrected chi connectivity index (χ4v) is 0.949. The van der Waals surface area contributed by atoms with Gasteiger partial charge in [0.05, 0.1) is 4.92 Å². The van der Waals surface area contributed by atoms with E-state index in [1.165, 1.54) is 0 Å². The Bertz CT molecular complexity index is 412. The molecule has 0 fully saturated rings. The molecule has 0 atom stereocenters. The Morgan fingerprint density at radius 1 is 1.21 bits per heavy atom. The quantitative estimate of drug-likeness (QED) is 0.391. The standard InChI is InChI=1S/C8H5NO5/c10-3-5-1-6(4-11)8(12)7(2-5)9(13)14/h1-4,12H/p-1. The minimum Gasteiger partial charge on any atom is -0.867 e. The lowest BCUT2D eigenvalue weighted by Crippen LogP contribution is -2.03. The maximum atomic E-state index is 11.1. The second-order valence-corrected chi connectivity index (χ2v) is 2.45. The molecule has 0 spiro atoms. The summed E-state index contributed by atoms with van der Waals surface area (Å²) in [4.78, 5) is 30.1. The Labute approximate surface area is 77.9 Å². The van der Waals surface area contributed by atoms with Crippen molar-refractivity contribution in [3.8, 4) is 5.75 Å². The van der Waals surface area contributed by atoms with Crippen LogP contribution >= 0.6 is 0 Å². The molecule has 0 N–H and O–H groups in total. The Morgan fingerprint density at radius 3 is 2.29 bits per heavy atom. The normalized spacial score (nSPS) is 9.43. The zero-order valence-corrected chi connectivity index (χ0v) is 6.80. The minimum atomic E-state index is -0.976. The number of rotatable bonds is 3. The predicted molar refractivity (Wildman–Crippen MR) is 43.3 cm³/mol. The molecule has 0 unspecified atom stereocenters. The van der Waals surface area contributed by atoms with Crippen LogP contribution in [0.5, 0.6) is 5.75 Å². The summed E-state index contributed by atoms with van der Waals surface area (Å²) in [5.74, 6) is -0.976. The molecule has 0 saturated carbocycles. The van der Waals surface area contributed by atoms with Gasteiger partial charge in [-0.25, -0.2) is 0 Å². The summed E-state index contributed by atoms with van der Waals surface area (Å²) in [5.41, 5.74) is -1.23. The van der Waals surface area contributed by atoms with E-state index >= 15 is 0 Å². The van der Waals surface area contributed by atoms with Crippen molar-refractivity contribution in [2.45, 2.75) is 0 Å². The van der Waals surface area contributed by atoms with Crippen LogP contribution in [0.25, 0.3) is 0 Å². The van der Waals surface area contributed by atoms with Gasteiger partial charge in [0.15, 0.2) is 0 Å². The SMILES string of the molecule is O=Cc1cc(C=O)c([O-])c([N+](=O)[O-])c1. The van der Waals surface area contributed by atoms with E-state index in [1.54, 1.807) is 0 Å². The molecule has 0 bridgehead atoms. The molecule has 14 heavy (non-hydrogen) atoms. The first-order valence-electron chi connectivity index (χ1n) is 3.50. The molecule has 0 aliphatic rings. The van der Waals surface area contributed by atoms with E-state index in [0.717, 1.165) is 12.1 Å². The lowest BCUT2D eigenvalue weighted by molar-refractivity contribution is -0.398. The first kappa shape index (κ1) is 9.85. The number of benzene rings is 1. The average Bonchev–Trinajstić information content (AvgIpc) is 2.17. The zero-order chi connectivity index (χ0) is 10.7. The lowest BCUT2D eigenvalue weighted by atomic mass is 10.1. The second-order valence-electron chi connectivity index (χ2n) is 2.45. The molecular weight excluding hydrogens is 190 g/mol. The van der Waals surface area contributed by atoms with Crippen molar-refractivity contribution in [3.63, 3.8) is 0 Å². The van der Waals surface area contributed by atoms with Gasteiger partial charge in [-0.15, -0.1) is 0 Å². The van der Waals surface area contributed by atoms with Gasteiger partial charge in [0.2, 0.25) is 0 Å².